The average Bonchev–Trinajstić information content (AvgIpc) is 2.46. The molecule has 4 N–H and O–H groups in total. The molecular formula is C14H20N4O4S. The Morgan fingerprint density at radius 1 is 1.30 bits per heavy atom. The predicted octanol–water partition coefficient (Wildman–Crippen LogP) is 0.787. The fraction of sp³-hybridized carbons (Fsp3) is 0.429. The van der Waals surface area contributed by atoms with E-state index in [9.17, 15) is 18.0 Å². The van der Waals surface area contributed by atoms with Gasteiger partial charge in [-0.15, -0.1) is 0 Å². The van der Waals surface area contributed by atoms with Gasteiger partial charge < -0.3 is 16.0 Å². The molecule has 23 heavy (non-hydrogen) atoms. The largest absolute Gasteiger partial charge is 0.369 e. The van der Waals surface area contributed by atoms with Crippen molar-refractivity contribution in [1.29, 1.82) is 0 Å². The zero-order valence-electron chi connectivity index (χ0n) is 12.8. The number of sulfonamides is 1. The number of carbonyl (C=O) groups is 2. The van der Waals surface area contributed by atoms with Gasteiger partial charge in [0.2, 0.25) is 15.9 Å². The maximum absolute atomic E-state index is 12.3. The van der Waals surface area contributed by atoms with Gasteiger partial charge in [-0.25, -0.2) is 13.2 Å². The molecule has 8 nitrogen and oxygen atoms in total. The molecule has 0 radical (unpaired) electrons. The number of carbonyl (C=O) groups excluding carboxylic acids is 2. The van der Waals surface area contributed by atoms with Crippen molar-refractivity contribution in [3.8, 4) is 0 Å². The van der Waals surface area contributed by atoms with Gasteiger partial charge in [0, 0.05) is 18.8 Å². The van der Waals surface area contributed by atoms with Crippen LogP contribution in [-0.4, -0.2) is 44.6 Å². The average molecular weight is 340 g/mol. The second-order valence-corrected chi connectivity index (χ2v) is 7.32. The monoisotopic (exact) mass is 340 g/mol. The SMILES string of the molecule is CS(=O)(=O)Nc1cccc(NC(=O)N2CCCC(C(N)=O)C2)c1. The van der Waals surface area contributed by atoms with E-state index in [-0.39, 0.29) is 11.9 Å². The molecule has 1 aliphatic heterocycles. The lowest BCUT2D eigenvalue weighted by Crippen LogP contribution is -2.45. The molecule has 0 aromatic heterocycles. The first-order valence-electron chi connectivity index (χ1n) is 7.18. The van der Waals surface area contributed by atoms with E-state index in [2.05, 4.69) is 10.0 Å². The van der Waals surface area contributed by atoms with Crippen LogP contribution in [0.5, 0.6) is 0 Å². The summed E-state index contributed by atoms with van der Waals surface area (Å²) in [5.41, 5.74) is 6.12. The van der Waals surface area contributed by atoms with Crippen molar-refractivity contribution in [1.82, 2.24) is 4.90 Å². The maximum Gasteiger partial charge on any atom is 0.321 e. The third-order valence-electron chi connectivity index (χ3n) is 3.53. The number of likely N-dealkylation sites (tertiary alicyclic amines) is 1. The molecule has 0 aliphatic carbocycles. The van der Waals surface area contributed by atoms with Gasteiger partial charge in [0.1, 0.15) is 0 Å². The van der Waals surface area contributed by atoms with E-state index < -0.39 is 15.9 Å². The lowest BCUT2D eigenvalue weighted by atomic mass is 9.98. The van der Waals surface area contributed by atoms with Crippen molar-refractivity contribution in [3.05, 3.63) is 24.3 Å². The number of amides is 3. The number of hydrogen-bond donors (Lipinski definition) is 3. The summed E-state index contributed by atoms with van der Waals surface area (Å²) >= 11 is 0. The number of hydrogen-bond acceptors (Lipinski definition) is 4. The highest BCUT2D eigenvalue weighted by Crippen LogP contribution is 2.19. The molecule has 1 fully saturated rings. The van der Waals surface area contributed by atoms with E-state index in [0.29, 0.717) is 30.9 Å². The van der Waals surface area contributed by atoms with Crippen LogP contribution in [0.15, 0.2) is 24.3 Å². The molecule has 1 unspecified atom stereocenters. The summed E-state index contributed by atoms with van der Waals surface area (Å²) in [5.74, 6) is -0.727. The molecule has 3 amide bonds. The molecule has 1 aliphatic rings. The van der Waals surface area contributed by atoms with Crippen molar-refractivity contribution in [3.63, 3.8) is 0 Å². The van der Waals surface area contributed by atoms with Crippen molar-refractivity contribution in [2.75, 3.05) is 29.4 Å². The van der Waals surface area contributed by atoms with E-state index in [1.54, 1.807) is 18.2 Å². The van der Waals surface area contributed by atoms with E-state index in [1.165, 1.54) is 11.0 Å². The lowest BCUT2D eigenvalue weighted by molar-refractivity contribution is -0.123. The quantitative estimate of drug-likeness (QED) is 0.750. The standard InChI is InChI=1S/C14H20N4O4S/c1-23(21,22)17-12-6-2-5-11(8-12)16-14(20)18-7-3-4-10(9-18)13(15)19/h2,5-6,8,10,17H,3-4,7,9H2,1H3,(H2,15,19)(H,16,20). The Bertz CT molecular complexity index is 704. The fourth-order valence-electron chi connectivity index (χ4n) is 2.47. The van der Waals surface area contributed by atoms with Crippen molar-refractivity contribution in [2.45, 2.75) is 12.8 Å². The third kappa shape index (κ3) is 5.13. The summed E-state index contributed by atoms with van der Waals surface area (Å²) in [4.78, 5) is 25.1. The number of rotatable bonds is 4. The topological polar surface area (TPSA) is 122 Å². The minimum atomic E-state index is -3.38. The highest BCUT2D eigenvalue weighted by atomic mass is 32.2. The number of urea groups is 1. The summed E-state index contributed by atoms with van der Waals surface area (Å²) in [7, 11) is -3.38. The van der Waals surface area contributed by atoms with Crippen LogP contribution in [-0.2, 0) is 14.8 Å². The predicted molar refractivity (Wildman–Crippen MR) is 87.4 cm³/mol. The summed E-state index contributed by atoms with van der Waals surface area (Å²) in [6, 6.07) is 6.05. The van der Waals surface area contributed by atoms with Gasteiger partial charge in [-0.05, 0) is 31.0 Å². The molecule has 0 bridgehead atoms. The van der Waals surface area contributed by atoms with Crippen LogP contribution in [0.4, 0.5) is 16.2 Å². The Morgan fingerprint density at radius 3 is 2.65 bits per heavy atom. The van der Waals surface area contributed by atoms with E-state index >= 15 is 0 Å². The van der Waals surface area contributed by atoms with Gasteiger partial charge in [0.05, 0.1) is 17.9 Å². The minimum absolute atomic E-state index is 0.294. The number of nitrogens with one attached hydrogen (secondary N) is 2. The molecule has 0 spiro atoms. The zero-order chi connectivity index (χ0) is 17.0. The second-order valence-electron chi connectivity index (χ2n) is 5.57. The number of piperidine rings is 1. The van der Waals surface area contributed by atoms with Crippen LogP contribution in [0.3, 0.4) is 0 Å². The van der Waals surface area contributed by atoms with Crippen LogP contribution in [0.1, 0.15) is 12.8 Å². The van der Waals surface area contributed by atoms with Crippen LogP contribution >= 0.6 is 0 Å². The van der Waals surface area contributed by atoms with Crippen molar-refractivity contribution in [2.24, 2.45) is 11.7 Å². The maximum atomic E-state index is 12.3. The third-order valence-corrected chi connectivity index (χ3v) is 4.13. The lowest BCUT2D eigenvalue weighted by Gasteiger charge is -2.31. The molecule has 2 rings (SSSR count). The molecule has 1 aromatic rings. The fourth-order valence-corrected chi connectivity index (χ4v) is 3.03. The molecule has 1 aromatic carbocycles. The number of benzene rings is 1. The van der Waals surface area contributed by atoms with Crippen LogP contribution in [0.2, 0.25) is 0 Å². The highest BCUT2D eigenvalue weighted by Gasteiger charge is 2.26. The first-order chi connectivity index (χ1) is 10.7. The Hall–Kier alpha value is -2.29. The van der Waals surface area contributed by atoms with Gasteiger partial charge in [0.15, 0.2) is 0 Å². The van der Waals surface area contributed by atoms with Gasteiger partial charge in [-0.1, -0.05) is 6.07 Å². The van der Waals surface area contributed by atoms with Gasteiger partial charge in [-0.2, -0.15) is 0 Å². The first-order valence-corrected chi connectivity index (χ1v) is 9.07. The van der Waals surface area contributed by atoms with Crippen LogP contribution in [0, 0.1) is 5.92 Å². The van der Waals surface area contributed by atoms with Gasteiger partial charge >= 0.3 is 6.03 Å². The Balaban J connectivity index is 2.02. The number of primary amides is 1. The Kier molecular flexibility index (Phi) is 5.09. The Labute approximate surface area is 135 Å². The molecule has 1 heterocycles. The van der Waals surface area contributed by atoms with Gasteiger partial charge in [-0.3, -0.25) is 9.52 Å². The van der Waals surface area contributed by atoms with Crippen LogP contribution in [0.25, 0.3) is 0 Å². The van der Waals surface area contributed by atoms with Crippen LogP contribution < -0.4 is 15.8 Å². The molecule has 1 saturated heterocycles. The summed E-state index contributed by atoms with van der Waals surface area (Å²) in [6.07, 6.45) is 2.46. The molecule has 126 valence electrons. The molecule has 0 saturated carbocycles. The first kappa shape index (κ1) is 17.1. The van der Waals surface area contributed by atoms with Gasteiger partial charge in [0.25, 0.3) is 0 Å². The highest BCUT2D eigenvalue weighted by molar-refractivity contribution is 7.92. The van der Waals surface area contributed by atoms with E-state index in [1.807, 2.05) is 0 Å². The Morgan fingerprint density at radius 2 is 2.00 bits per heavy atom. The second kappa shape index (κ2) is 6.86. The summed E-state index contributed by atoms with van der Waals surface area (Å²) < 4.78 is 24.8. The summed E-state index contributed by atoms with van der Waals surface area (Å²) in [6.45, 7) is 0.847. The smallest absolute Gasteiger partial charge is 0.321 e. The zero-order valence-corrected chi connectivity index (χ0v) is 13.6. The van der Waals surface area contributed by atoms with E-state index in [0.717, 1.165) is 12.7 Å². The van der Waals surface area contributed by atoms with E-state index in [4.69, 9.17) is 5.73 Å². The summed E-state index contributed by atoms with van der Waals surface area (Å²) in [5, 5.41) is 2.70. The molecule has 1 atom stereocenters. The number of nitrogens with two attached hydrogens (primary N) is 1. The van der Waals surface area contributed by atoms with Crippen molar-refractivity contribution >= 4 is 33.3 Å². The molecular weight excluding hydrogens is 320 g/mol. The molecule has 9 heteroatoms. The number of nitrogens with zero attached hydrogens (tertiary/aromatic N) is 1. The van der Waals surface area contributed by atoms with Crippen molar-refractivity contribution < 1.29 is 18.0 Å². The minimum Gasteiger partial charge on any atom is -0.369 e. The number of anilines is 2. The normalized spacial score (nSPS) is 18.3.